The molecule has 0 spiro atoms. The van der Waals surface area contributed by atoms with E-state index < -0.39 is 0 Å². The van der Waals surface area contributed by atoms with Gasteiger partial charge in [-0.3, -0.25) is 0 Å². The highest BCUT2D eigenvalue weighted by molar-refractivity contribution is 4.73. The lowest BCUT2D eigenvalue weighted by Gasteiger charge is -2.32. The van der Waals surface area contributed by atoms with Gasteiger partial charge in [-0.2, -0.15) is 0 Å². The van der Waals surface area contributed by atoms with Gasteiger partial charge in [0, 0.05) is 0 Å². The van der Waals surface area contributed by atoms with Gasteiger partial charge >= 0.3 is 0 Å². The van der Waals surface area contributed by atoms with Crippen LogP contribution in [0.4, 0.5) is 0 Å². The first-order chi connectivity index (χ1) is 21.9. The molecule has 0 N–H and O–H groups in total. The van der Waals surface area contributed by atoms with Crippen LogP contribution in [0.15, 0.2) is 0 Å². The quantitative estimate of drug-likeness (QED) is 0.0761. The van der Waals surface area contributed by atoms with Gasteiger partial charge in [-0.15, -0.1) is 0 Å². The summed E-state index contributed by atoms with van der Waals surface area (Å²) in [6.07, 6.45) is 8.98. The minimum atomic E-state index is -0.182. The Kier molecular flexibility index (Phi) is 26.5. The van der Waals surface area contributed by atoms with E-state index in [4.69, 9.17) is 23.7 Å². The zero-order chi connectivity index (χ0) is 36.1. The Morgan fingerprint density at radius 1 is 0.234 bits per heavy atom. The highest BCUT2D eigenvalue weighted by Gasteiger charge is 2.26. The van der Waals surface area contributed by atoms with Gasteiger partial charge < -0.3 is 23.7 Å². The van der Waals surface area contributed by atoms with Gasteiger partial charge in [0.2, 0.25) is 0 Å². The normalized spacial score (nSPS) is 13.4. The molecule has 0 aromatic rings. The number of ether oxygens (including phenoxy) is 5. The molecule has 0 aliphatic carbocycles. The van der Waals surface area contributed by atoms with Crippen molar-refractivity contribution in [1.82, 2.24) is 0 Å². The average molecular weight is 671 g/mol. The van der Waals surface area contributed by atoms with Crippen LogP contribution >= 0.6 is 0 Å². The second-order valence-electron chi connectivity index (χ2n) is 18.2. The molecule has 0 heterocycles. The van der Waals surface area contributed by atoms with Crippen LogP contribution in [-0.4, -0.2) is 63.1 Å². The summed E-state index contributed by atoms with van der Waals surface area (Å²) >= 11 is 0. The molecule has 47 heavy (non-hydrogen) atoms. The fraction of sp³-hybridized carbons (Fsp3) is 1.00. The first kappa shape index (κ1) is 46.8. The predicted molar refractivity (Wildman–Crippen MR) is 203 cm³/mol. The van der Waals surface area contributed by atoms with E-state index in [9.17, 15) is 0 Å². The summed E-state index contributed by atoms with van der Waals surface area (Å²) in [5.74, 6) is 4.69. The first-order valence-electron chi connectivity index (χ1n) is 20.0. The maximum absolute atomic E-state index is 6.99. The van der Waals surface area contributed by atoms with Gasteiger partial charge in [-0.25, -0.2) is 0 Å². The van der Waals surface area contributed by atoms with E-state index in [0.29, 0.717) is 73.8 Å². The minimum absolute atomic E-state index is 0.182. The Balaban J connectivity index is 6.19. The fourth-order valence-corrected chi connectivity index (χ4v) is 6.63. The number of rotatable bonds is 30. The van der Waals surface area contributed by atoms with Crippen LogP contribution in [0.2, 0.25) is 0 Å². The van der Waals surface area contributed by atoms with Crippen LogP contribution in [0.1, 0.15) is 162 Å². The summed E-state index contributed by atoms with van der Waals surface area (Å²) in [5.41, 5.74) is 0. The van der Waals surface area contributed by atoms with Crippen LogP contribution in [0.3, 0.4) is 0 Å². The summed E-state index contributed by atoms with van der Waals surface area (Å²) in [5, 5.41) is 0. The Hall–Kier alpha value is -0.200. The van der Waals surface area contributed by atoms with E-state index in [2.05, 4.69) is 111 Å². The lowest BCUT2D eigenvalue weighted by molar-refractivity contribution is -0.161. The SMILES string of the molecule is CC(C)CC(CC(C)C)OCC(COC(CC(C)C)CC(C)C)OC(COC(CC(C)C)CC(C)C)COC(CC(C)C)CC(C)C. The Morgan fingerprint density at radius 2 is 0.383 bits per heavy atom. The summed E-state index contributed by atoms with van der Waals surface area (Å²) in [6.45, 7) is 38.7. The Bertz CT molecular complexity index is 547. The van der Waals surface area contributed by atoms with Crippen LogP contribution in [0.5, 0.6) is 0 Å². The van der Waals surface area contributed by atoms with Crippen molar-refractivity contribution in [3.05, 3.63) is 0 Å². The van der Waals surface area contributed by atoms with Gasteiger partial charge in [0.05, 0.1) is 50.8 Å². The van der Waals surface area contributed by atoms with E-state index in [1.165, 1.54) is 0 Å². The molecule has 0 unspecified atom stereocenters. The standard InChI is InChI=1S/C42H86O5/c1-29(2)17-37(18-30(3)4)43-25-41(26-44-38(19-31(5)6)20-32(7)8)47-42(27-45-39(21-33(9)10)22-34(11)12)28-46-40(23-35(13)14)24-36(15)16/h29-42H,17-28H2,1-16H3. The Morgan fingerprint density at radius 3 is 0.511 bits per heavy atom. The molecule has 0 amide bonds. The molecule has 0 saturated carbocycles. The van der Waals surface area contributed by atoms with Gasteiger partial charge in [-0.05, 0) is 98.7 Å². The van der Waals surface area contributed by atoms with Crippen molar-refractivity contribution in [3.8, 4) is 0 Å². The molecule has 0 aromatic heterocycles. The second-order valence-corrected chi connectivity index (χ2v) is 18.2. The molecule has 0 radical (unpaired) electrons. The molecule has 0 aliphatic heterocycles. The smallest absolute Gasteiger partial charge is 0.105 e. The second kappa shape index (κ2) is 26.6. The monoisotopic (exact) mass is 671 g/mol. The molecule has 0 saturated heterocycles. The molecule has 5 nitrogen and oxygen atoms in total. The molecule has 0 fully saturated rings. The van der Waals surface area contributed by atoms with E-state index >= 15 is 0 Å². The third kappa shape index (κ3) is 28.2. The van der Waals surface area contributed by atoms with Crippen molar-refractivity contribution in [2.75, 3.05) is 26.4 Å². The maximum atomic E-state index is 6.99. The molecule has 284 valence electrons. The number of hydrogen-bond donors (Lipinski definition) is 0. The topological polar surface area (TPSA) is 46.2 Å². The molecular formula is C42H86O5. The van der Waals surface area contributed by atoms with Gasteiger partial charge in [0.25, 0.3) is 0 Å². The van der Waals surface area contributed by atoms with Crippen LogP contribution < -0.4 is 0 Å². The maximum Gasteiger partial charge on any atom is 0.105 e. The van der Waals surface area contributed by atoms with E-state index in [1.807, 2.05) is 0 Å². The largest absolute Gasteiger partial charge is 0.375 e. The summed E-state index contributed by atoms with van der Waals surface area (Å²) in [7, 11) is 0. The first-order valence-corrected chi connectivity index (χ1v) is 20.0. The Labute approximate surface area is 295 Å². The average Bonchev–Trinajstić information content (AvgIpc) is 2.88. The molecular weight excluding hydrogens is 584 g/mol. The highest BCUT2D eigenvalue weighted by Crippen LogP contribution is 2.23. The van der Waals surface area contributed by atoms with Gasteiger partial charge in [0.15, 0.2) is 0 Å². The molecule has 0 aromatic carbocycles. The van der Waals surface area contributed by atoms with E-state index in [0.717, 1.165) is 51.4 Å². The summed E-state index contributed by atoms with van der Waals surface area (Å²) in [6, 6.07) is 0. The van der Waals surface area contributed by atoms with Crippen LogP contribution in [0.25, 0.3) is 0 Å². The van der Waals surface area contributed by atoms with Crippen LogP contribution in [0, 0.1) is 47.3 Å². The molecule has 0 aliphatic rings. The zero-order valence-corrected chi connectivity index (χ0v) is 34.6. The summed E-state index contributed by atoms with van der Waals surface area (Å²) in [4.78, 5) is 0. The molecule has 0 rings (SSSR count). The fourth-order valence-electron chi connectivity index (χ4n) is 6.63. The minimum Gasteiger partial charge on any atom is -0.375 e. The third-order valence-electron chi connectivity index (χ3n) is 8.33. The molecule has 0 bridgehead atoms. The number of hydrogen-bond acceptors (Lipinski definition) is 5. The third-order valence-corrected chi connectivity index (χ3v) is 8.33. The van der Waals surface area contributed by atoms with E-state index in [1.54, 1.807) is 0 Å². The summed E-state index contributed by atoms with van der Waals surface area (Å²) < 4.78 is 33.8. The van der Waals surface area contributed by atoms with Crippen molar-refractivity contribution in [3.63, 3.8) is 0 Å². The van der Waals surface area contributed by atoms with Crippen molar-refractivity contribution in [1.29, 1.82) is 0 Å². The highest BCUT2D eigenvalue weighted by atomic mass is 16.6. The lowest BCUT2D eigenvalue weighted by atomic mass is 9.97. The van der Waals surface area contributed by atoms with Crippen molar-refractivity contribution in [2.24, 2.45) is 47.3 Å². The zero-order valence-electron chi connectivity index (χ0n) is 34.6. The van der Waals surface area contributed by atoms with Crippen molar-refractivity contribution in [2.45, 2.75) is 199 Å². The molecule has 0 atom stereocenters. The predicted octanol–water partition coefficient (Wildman–Crippen LogP) is 11.6. The lowest BCUT2D eigenvalue weighted by Crippen LogP contribution is -2.39. The van der Waals surface area contributed by atoms with Crippen LogP contribution in [-0.2, 0) is 23.7 Å². The van der Waals surface area contributed by atoms with E-state index in [-0.39, 0.29) is 36.6 Å². The van der Waals surface area contributed by atoms with Crippen molar-refractivity contribution >= 4 is 0 Å². The van der Waals surface area contributed by atoms with Gasteiger partial charge in [0.1, 0.15) is 12.2 Å². The van der Waals surface area contributed by atoms with Crippen molar-refractivity contribution < 1.29 is 23.7 Å². The van der Waals surface area contributed by atoms with Gasteiger partial charge in [-0.1, -0.05) is 111 Å². The molecule has 5 heteroatoms.